The number of amidine groups is 1. The lowest BCUT2D eigenvalue weighted by atomic mass is 10.00. The Hall–Kier alpha value is -3.08. The van der Waals surface area contributed by atoms with E-state index in [1.807, 2.05) is 48.5 Å². The number of hydrogen-bond donors (Lipinski definition) is 1. The Balaban J connectivity index is 1.81. The fourth-order valence-corrected chi connectivity index (χ4v) is 2.63. The molecule has 26 heavy (non-hydrogen) atoms. The largest absolute Gasteiger partial charge is 0.496 e. The molecule has 5 nitrogen and oxygen atoms in total. The molecule has 0 aromatic heterocycles. The number of nitrogens with one attached hydrogen (secondary N) is 1. The van der Waals surface area contributed by atoms with Gasteiger partial charge in [0.15, 0.2) is 0 Å². The fraction of sp³-hybridized carbons (Fsp3) is 0.238. The van der Waals surface area contributed by atoms with Crippen LogP contribution in [0.25, 0.3) is 6.08 Å². The summed E-state index contributed by atoms with van der Waals surface area (Å²) in [4.78, 5) is 16.6. The number of carbonyl (C=O) groups is 1. The van der Waals surface area contributed by atoms with Crippen LogP contribution in [0.15, 0.2) is 59.2 Å². The van der Waals surface area contributed by atoms with E-state index in [0.717, 1.165) is 11.3 Å². The van der Waals surface area contributed by atoms with E-state index in [0.29, 0.717) is 23.2 Å². The van der Waals surface area contributed by atoms with Gasteiger partial charge >= 0.3 is 0 Å². The maximum absolute atomic E-state index is 12.2. The summed E-state index contributed by atoms with van der Waals surface area (Å²) in [5, 5.41) is 2.75. The van der Waals surface area contributed by atoms with Crippen molar-refractivity contribution >= 4 is 17.8 Å². The average Bonchev–Trinajstić information content (AvgIpc) is 3.00. The molecule has 0 atom stereocenters. The molecule has 0 spiro atoms. The molecule has 1 heterocycles. The molecule has 134 valence electrons. The minimum Gasteiger partial charge on any atom is -0.496 e. The van der Waals surface area contributed by atoms with Crippen LogP contribution in [0.5, 0.6) is 11.5 Å². The normalized spacial score (nSPS) is 15.2. The van der Waals surface area contributed by atoms with Gasteiger partial charge in [-0.15, -0.1) is 0 Å². The highest BCUT2D eigenvalue weighted by molar-refractivity contribution is 6.14. The molecule has 2 aromatic carbocycles. The van der Waals surface area contributed by atoms with E-state index < -0.39 is 0 Å². The number of ether oxygens (including phenoxy) is 2. The van der Waals surface area contributed by atoms with Crippen LogP contribution in [0.3, 0.4) is 0 Å². The van der Waals surface area contributed by atoms with Crippen molar-refractivity contribution in [2.45, 2.75) is 19.8 Å². The van der Waals surface area contributed by atoms with Gasteiger partial charge in [-0.1, -0.05) is 38.1 Å². The quantitative estimate of drug-likeness (QED) is 0.807. The molecule has 5 heteroatoms. The molecule has 1 aliphatic rings. The first-order valence-electron chi connectivity index (χ1n) is 8.53. The van der Waals surface area contributed by atoms with E-state index in [1.54, 1.807) is 13.2 Å². The van der Waals surface area contributed by atoms with Crippen molar-refractivity contribution in [3.63, 3.8) is 0 Å². The molecule has 0 radical (unpaired) electrons. The molecular weight excluding hydrogens is 328 g/mol. The lowest BCUT2D eigenvalue weighted by Crippen LogP contribution is -2.28. The third-order valence-electron chi connectivity index (χ3n) is 4.08. The van der Waals surface area contributed by atoms with Crippen molar-refractivity contribution in [1.29, 1.82) is 0 Å². The number of para-hydroxylation sites is 1. The van der Waals surface area contributed by atoms with Crippen LogP contribution in [-0.2, 0) is 4.79 Å². The van der Waals surface area contributed by atoms with Crippen molar-refractivity contribution in [2.24, 2.45) is 4.99 Å². The highest BCUT2D eigenvalue weighted by Gasteiger charge is 2.21. The van der Waals surface area contributed by atoms with Gasteiger partial charge < -0.3 is 14.8 Å². The van der Waals surface area contributed by atoms with Gasteiger partial charge in [0, 0.05) is 5.56 Å². The molecule has 0 bridgehead atoms. The lowest BCUT2D eigenvalue weighted by Gasteiger charge is -2.10. The third kappa shape index (κ3) is 4.11. The Morgan fingerprint density at radius 2 is 1.92 bits per heavy atom. The molecule has 0 saturated heterocycles. The van der Waals surface area contributed by atoms with E-state index in [4.69, 9.17) is 9.47 Å². The lowest BCUT2D eigenvalue weighted by molar-refractivity contribution is -0.115. The van der Waals surface area contributed by atoms with Crippen LogP contribution in [0.2, 0.25) is 0 Å². The predicted molar refractivity (Wildman–Crippen MR) is 103 cm³/mol. The van der Waals surface area contributed by atoms with Crippen LogP contribution in [0.1, 0.15) is 30.9 Å². The first kappa shape index (κ1) is 17.7. The molecule has 2 aromatic rings. The van der Waals surface area contributed by atoms with Gasteiger partial charge in [-0.2, -0.15) is 0 Å². The molecular formula is C21H22N2O3. The molecule has 0 aliphatic carbocycles. The number of hydrogen-bond acceptors (Lipinski definition) is 4. The maximum atomic E-state index is 12.2. The summed E-state index contributed by atoms with van der Waals surface area (Å²) in [7, 11) is 1.61. The summed E-state index contributed by atoms with van der Waals surface area (Å²) in [6.45, 7) is 4.45. The van der Waals surface area contributed by atoms with Gasteiger partial charge in [-0.25, -0.2) is 4.99 Å². The van der Waals surface area contributed by atoms with Crippen LogP contribution in [-0.4, -0.2) is 25.5 Å². The Morgan fingerprint density at radius 1 is 1.15 bits per heavy atom. The third-order valence-corrected chi connectivity index (χ3v) is 4.08. The molecule has 1 aliphatic heterocycles. The van der Waals surface area contributed by atoms with Crippen molar-refractivity contribution in [3.05, 3.63) is 65.4 Å². The molecule has 1 N–H and O–H groups in total. The van der Waals surface area contributed by atoms with E-state index in [2.05, 4.69) is 24.2 Å². The molecule has 0 unspecified atom stereocenters. The highest BCUT2D eigenvalue weighted by atomic mass is 16.5. The molecule has 0 fully saturated rings. The average molecular weight is 350 g/mol. The first-order valence-corrected chi connectivity index (χ1v) is 8.53. The zero-order chi connectivity index (χ0) is 18.5. The smallest absolute Gasteiger partial charge is 0.275 e. The van der Waals surface area contributed by atoms with Crippen LogP contribution in [0.4, 0.5) is 0 Å². The summed E-state index contributed by atoms with van der Waals surface area (Å²) in [5.41, 5.74) is 2.35. The highest BCUT2D eigenvalue weighted by Crippen LogP contribution is 2.27. The van der Waals surface area contributed by atoms with E-state index in [-0.39, 0.29) is 12.5 Å². The fourth-order valence-electron chi connectivity index (χ4n) is 2.63. The molecule has 3 rings (SSSR count). The number of carbonyl (C=O) groups excluding carboxylic acids is 1. The van der Waals surface area contributed by atoms with Crippen molar-refractivity contribution in [2.75, 3.05) is 13.7 Å². The monoisotopic (exact) mass is 350 g/mol. The number of nitrogens with zero attached hydrogens (tertiary/aromatic N) is 1. The zero-order valence-electron chi connectivity index (χ0n) is 15.2. The topological polar surface area (TPSA) is 59.9 Å². The summed E-state index contributed by atoms with van der Waals surface area (Å²) >= 11 is 0. The van der Waals surface area contributed by atoms with E-state index in [9.17, 15) is 4.79 Å². The second-order valence-corrected chi connectivity index (χ2v) is 6.30. The predicted octanol–water partition coefficient (Wildman–Crippen LogP) is 3.77. The Morgan fingerprint density at radius 3 is 2.62 bits per heavy atom. The minimum atomic E-state index is -0.242. The van der Waals surface area contributed by atoms with Crippen LogP contribution in [0, 0.1) is 0 Å². The Kier molecular flexibility index (Phi) is 5.37. The van der Waals surface area contributed by atoms with E-state index >= 15 is 0 Å². The second-order valence-electron chi connectivity index (χ2n) is 6.30. The maximum Gasteiger partial charge on any atom is 0.275 e. The van der Waals surface area contributed by atoms with E-state index in [1.165, 1.54) is 5.56 Å². The van der Waals surface area contributed by atoms with Crippen molar-refractivity contribution < 1.29 is 14.3 Å². The van der Waals surface area contributed by atoms with Gasteiger partial charge in [-0.3, -0.25) is 4.79 Å². The van der Waals surface area contributed by atoms with Crippen molar-refractivity contribution in [1.82, 2.24) is 5.32 Å². The minimum absolute atomic E-state index is 0.205. The first-order chi connectivity index (χ1) is 12.6. The number of benzene rings is 2. The SMILES string of the molecule is COc1ccc(C(C)C)cc1/C=C1\N=C(COc2ccccc2)NC1=O. The summed E-state index contributed by atoms with van der Waals surface area (Å²) < 4.78 is 11.0. The van der Waals surface area contributed by atoms with Gasteiger partial charge in [0.05, 0.1) is 7.11 Å². The van der Waals surface area contributed by atoms with Crippen molar-refractivity contribution in [3.8, 4) is 11.5 Å². The molecule has 0 saturated carbocycles. The summed E-state index contributed by atoms with van der Waals surface area (Å²) in [6.07, 6.45) is 1.75. The number of amides is 1. The number of rotatable bonds is 6. The second kappa shape index (κ2) is 7.87. The van der Waals surface area contributed by atoms with Gasteiger partial charge in [0.1, 0.15) is 29.6 Å². The van der Waals surface area contributed by atoms with Gasteiger partial charge in [-0.05, 0) is 41.8 Å². The Labute approximate surface area is 153 Å². The standard InChI is InChI=1S/C21H22N2O3/c1-14(2)15-9-10-19(25-3)16(11-15)12-18-21(24)23-20(22-18)13-26-17-7-5-4-6-8-17/h4-12,14H,13H2,1-3H3,(H,22,23,24)/b18-12-. The van der Waals surface area contributed by atoms with Crippen LogP contribution >= 0.6 is 0 Å². The summed E-state index contributed by atoms with van der Waals surface area (Å²) in [6, 6.07) is 15.4. The van der Waals surface area contributed by atoms with Gasteiger partial charge in [0.25, 0.3) is 5.91 Å². The zero-order valence-corrected chi connectivity index (χ0v) is 15.2. The summed E-state index contributed by atoms with van der Waals surface area (Å²) in [5.74, 6) is 2.07. The van der Waals surface area contributed by atoms with Gasteiger partial charge in [0.2, 0.25) is 0 Å². The number of methoxy groups -OCH3 is 1. The van der Waals surface area contributed by atoms with Crippen LogP contribution < -0.4 is 14.8 Å². The number of aliphatic imine (C=N–C) groups is 1. The Bertz CT molecular complexity index is 855. The molecule has 1 amide bonds.